The quantitative estimate of drug-likeness (QED) is 0.376. The molecule has 1 saturated heterocycles. The predicted molar refractivity (Wildman–Crippen MR) is 139 cm³/mol. The molecule has 0 radical (unpaired) electrons. The zero-order valence-corrected chi connectivity index (χ0v) is 21.8. The number of aromatic nitrogens is 7. The first-order valence-corrected chi connectivity index (χ1v) is 12.4. The van der Waals surface area contributed by atoms with E-state index < -0.39 is 6.17 Å². The number of nitrogens with one attached hydrogen (secondary N) is 2. The predicted octanol–water partition coefficient (Wildman–Crippen LogP) is 2.76. The summed E-state index contributed by atoms with van der Waals surface area (Å²) >= 11 is 0. The Labute approximate surface area is 218 Å². The van der Waals surface area contributed by atoms with E-state index in [9.17, 15) is 9.18 Å². The Balaban J connectivity index is 1.34. The minimum absolute atomic E-state index is 0.0334. The van der Waals surface area contributed by atoms with Crippen LogP contribution in [0.1, 0.15) is 49.1 Å². The number of amides is 1. The second kappa shape index (κ2) is 9.97. The van der Waals surface area contributed by atoms with Crippen LogP contribution in [0.25, 0.3) is 23.2 Å². The van der Waals surface area contributed by atoms with Gasteiger partial charge in [-0.25, -0.2) is 14.4 Å². The number of likely N-dealkylation sites (tertiary alicyclic amines) is 1. The molecule has 38 heavy (non-hydrogen) atoms. The van der Waals surface area contributed by atoms with Crippen LogP contribution in [-0.4, -0.2) is 77.4 Å². The summed E-state index contributed by atoms with van der Waals surface area (Å²) in [5.74, 6) is 0.612. The first kappa shape index (κ1) is 25.5. The number of imidazole rings is 1. The van der Waals surface area contributed by atoms with Gasteiger partial charge in [-0.3, -0.25) is 13.9 Å². The second-order valence-electron chi connectivity index (χ2n) is 10.4. The Hall–Kier alpha value is -4.13. The number of alkyl halides is 1. The van der Waals surface area contributed by atoms with Crippen molar-refractivity contribution in [1.82, 2.24) is 44.5 Å². The minimum Gasteiger partial charge on any atom is -0.361 e. The molecular formula is C25H31FN10O2. The Bertz CT molecular complexity index is 1470. The minimum atomic E-state index is -1.03. The molecule has 2 N–H and O–H groups in total. The molecular weight excluding hydrogens is 491 g/mol. The molecule has 2 atom stereocenters. The van der Waals surface area contributed by atoms with E-state index in [0.29, 0.717) is 41.4 Å². The molecule has 1 amide bonds. The van der Waals surface area contributed by atoms with Crippen molar-refractivity contribution in [2.45, 2.75) is 51.5 Å². The summed E-state index contributed by atoms with van der Waals surface area (Å²) in [4.78, 5) is 28.1. The van der Waals surface area contributed by atoms with Crippen molar-refractivity contribution in [2.24, 2.45) is 0 Å². The number of carbonyl (C=O) groups is 1. The molecule has 1 aliphatic heterocycles. The third kappa shape index (κ3) is 5.01. The van der Waals surface area contributed by atoms with Gasteiger partial charge >= 0.3 is 0 Å². The van der Waals surface area contributed by atoms with Gasteiger partial charge in [-0.05, 0) is 40.3 Å². The normalized spacial score (nSPS) is 18.6. The van der Waals surface area contributed by atoms with E-state index >= 15 is 0 Å². The third-order valence-corrected chi connectivity index (χ3v) is 6.45. The molecule has 0 spiro atoms. The summed E-state index contributed by atoms with van der Waals surface area (Å²) in [5.41, 5.74) is 1.77. The lowest BCUT2D eigenvalue weighted by Gasteiger charge is -2.32. The molecule has 1 aliphatic rings. The molecule has 0 aliphatic carbocycles. The maximum atomic E-state index is 14.7. The highest BCUT2D eigenvalue weighted by molar-refractivity contribution is 5.93. The van der Waals surface area contributed by atoms with Gasteiger partial charge in [-0.15, -0.1) is 0 Å². The number of halogens is 1. The van der Waals surface area contributed by atoms with E-state index in [1.807, 2.05) is 32.7 Å². The summed E-state index contributed by atoms with van der Waals surface area (Å²) in [6.45, 7) is 11.1. The van der Waals surface area contributed by atoms with Gasteiger partial charge in [0.2, 0.25) is 11.7 Å². The maximum Gasteiger partial charge on any atom is 0.254 e. The van der Waals surface area contributed by atoms with E-state index in [-0.39, 0.29) is 35.7 Å². The van der Waals surface area contributed by atoms with Crippen LogP contribution in [0.2, 0.25) is 0 Å². The standard InChI is InChI=1S/C25H31FN10O2/c1-6-18-20(32-23-22(27-8-10-35(18)23)30-17-7-9-34(5)14-16(17)26)21-31-19(38-33-21)12-28-24(37)15-11-29-36(13-15)25(2,3)4/h6,8,10-11,13,16-17H,1,7,9,12,14H2,2-5H3,(H,27,30)(H,28,37)/t16-,17+/m0/s1. The van der Waals surface area contributed by atoms with E-state index in [0.717, 1.165) is 6.54 Å². The Kier molecular flexibility index (Phi) is 6.69. The summed E-state index contributed by atoms with van der Waals surface area (Å²) in [5, 5.41) is 14.3. The number of piperidine rings is 1. The van der Waals surface area contributed by atoms with Crippen LogP contribution in [0.4, 0.5) is 10.2 Å². The van der Waals surface area contributed by atoms with Crippen LogP contribution in [-0.2, 0) is 12.1 Å². The first-order valence-electron chi connectivity index (χ1n) is 12.4. The zero-order chi connectivity index (χ0) is 27.0. The topological polar surface area (TPSA) is 131 Å². The molecule has 4 aromatic heterocycles. The molecule has 13 heteroatoms. The van der Waals surface area contributed by atoms with Gasteiger partial charge in [0.05, 0.1) is 35.6 Å². The zero-order valence-electron chi connectivity index (χ0n) is 21.8. The molecule has 5 rings (SSSR count). The summed E-state index contributed by atoms with van der Waals surface area (Å²) in [6.07, 6.45) is 7.84. The number of anilines is 1. The average Bonchev–Trinajstić information content (AvgIpc) is 3.62. The number of fused-ring (bicyclic) bond motifs is 1. The van der Waals surface area contributed by atoms with Crippen molar-refractivity contribution in [3.63, 3.8) is 0 Å². The number of hydrogen-bond donors (Lipinski definition) is 2. The van der Waals surface area contributed by atoms with E-state index in [1.165, 1.54) is 6.20 Å². The molecule has 0 aromatic carbocycles. The van der Waals surface area contributed by atoms with Gasteiger partial charge in [-0.2, -0.15) is 10.1 Å². The monoisotopic (exact) mass is 522 g/mol. The third-order valence-electron chi connectivity index (χ3n) is 6.45. The largest absolute Gasteiger partial charge is 0.361 e. The fraction of sp³-hybridized carbons (Fsp3) is 0.440. The average molecular weight is 523 g/mol. The number of carbonyl (C=O) groups excluding carboxylic acids is 1. The lowest BCUT2D eigenvalue weighted by atomic mass is 10.0. The molecule has 5 heterocycles. The fourth-order valence-corrected chi connectivity index (χ4v) is 4.34. The molecule has 0 saturated carbocycles. The van der Waals surface area contributed by atoms with Crippen molar-refractivity contribution in [3.8, 4) is 11.5 Å². The molecule has 1 fully saturated rings. The van der Waals surface area contributed by atoms with Crippen LogP contribution in [0.15, 0.2) is 35.9 Å². The van der Waals surface area contributed by atoms with E-state index in [2.05, 4.69) is 37.4 Å². The van der Waals surface area contributed by atoms with Crippen molar-refractivity contribution in [1.29, 1.82) is 0 Å². The van der Waals surface area contributed by atoms with Gasteiger partial charge in [0.15, 0.2) is 11.5 Å². The Morgan fingerprint density at radius 2 is 2.16 bits per heavy atom. The van der Waals surface area contributed by atoms with Crippen LogP contribution >= 0.6 is 0 Å². The molecule has 12 nitrogen and oxygen atoms in total. The fourth-order valence-electron chi connectivity index (χ4n) is 4.34. The first-order chi connectivity index (χ1) is 18.1. The van der Waals surface area contributed by atoms with Crippen LogP contribution in [0.3, 0.4) is 0 Å². The second-order valence-corrected chi connectivity index (χ2v) is 10.4. The molecule has 0 unspecified atom stereocenters. The number of nitrogens with zero attached hydrogens (tertiary/aromatic N) is 8. The van der Waals surface area contributed by atoms with Crippen LogP contribution in [0.5, 0.6) is 0 Å². The van der Waals surface area contributed by atoms with Crippen LogP contribution in [0, 0.1) is 0 Å². The van der Waals surface area contributed by atoms with E-state index in [1.54, 1.807) is 33.7 Å². The van der Waals surface area contributed by atoms with Gasteiger partial charge < -0.3 is 20.1 Å². The smallest absolute Gasteiger partial charge is 0.254 e. The number of hydrogen-bond acceptors (Lipinski definition) is 9. The summed E-state index contributed by atoms with van der Waals surface area (Å²) in [7, 11) is 1.91. The van der Waals surface area contributed by atoms with Crippen molar-refractivity contribution in [3.05, 3.63) is 48.5 Å². The van der Waals surface area contributed by atoms with Crippen LogP contribution < -0.4 is 10.6 Å². The van der Waals surface area contributed by atoms with E-state index in [4.69, 9.17) is 9.51 Å². The highest BCUT2D eigenvalue weighted by Gasteiger charge is 2.29. The van der Waals surface area contributed by atoms with Crippen molar-refractivity contribution >= 4 is 23.4 Å². The van der Waals surface area contributed by atoms with Crippen molar-refractivity contribution in [2.75, 3.05) is 25.5 Å². The van der Waals surface area contributed by atoms with Gasteiger partial charge in [-0.1, -0.05) is 11.7 Å². The van der Waals surface area contributed by atoms with Gasteiger partial charge in [0.25, 0.3) is 5.91 Å². The Morgan fingerprint density at radius 3 is 2.87 bits per heavy atom. The summed E-state index contributed by atoms with van der Waals surface area (Å²) in [6, 6.07) is -0.367. The highest BCUT2D eigenvalue weighted by atomic mass is 19.1. The lowest BCUT2D eigenvalue weighted by Crippen LogP contribution is -2.46. The highest BCUT2D eigenvalue weighted by Crippen LogP contribution is 2.27. The van der Waals surface area contributed by atoms with Crippen molar-refractivity contribution < 1.29 is 13.7 Å². The SMILES string of the molecule is C=Cc1c(-c2noc(CNC(=O)c3cnn(C(C)(C)C)c3)n2)nc2c(N[C@@H]3CCN(C)C[C@@H]3F)nccn12. The molecule has 4 aromatic rings. The Morgan fingerprint density at radius 1 is 1.34 bits per heavy atom. The molecule has 200 valence electrons. The maximum absolute atomic E-state index is 14.7. The molecule has 0 bridgehead atoms. The van der Waals surface area contributed by atoms with Gasteiger partial charge in [0.1, 0.15) is 11.9 Å². The van der Waals surface area contributed by atoms with Gasteiger partial charge in [0, 0.05) is 31.7 Å². The summed E-state index contributed by atoms with van der Waals surface area (Å²) < 4.78 is 23.5. The lowest BCUT2D eigenvalue weighted by molar-refractivity contribution is 0.0946. The number of rotatable bonds is 7.